The zero-order valence-electron chi connectivity index (χ0n) is 18.1. The average molecular weight is 474 g/mol. The lowest BCUT2D eigenvalue weighted by Crippen LogP contribution is -2.19. The van der Waals surface area contributed by atoms with Gasteiger partial charge in [0.2, 0.25) is 0 Å². The highest BCUT2D eigenvalue weighted by Crippen LogP contribution is 2.27. The van der Waals surface area contributed by atoms with Gasteiger partial charge in [-0.2, -0.15) is 5.10 Å². The molecule has 7 heteroatoms. The van der Waals surface area contributed by atoms with E-state index in [0.29, 0.717) is 6.61 Å². The van der Waals surface area contributed by atoms with Crippen molar-refractivity contribution in [3.05, 3.63) is 101 Å². The van der Waals surface area contributed by atoms with Gasteiger partial charge in [-0.25, -0.2) is 10.4 Å². The summed E-state index contributed by atoms with van der Waals surface area (Å²) in [4.78, 5) is 16.7. The predicted molar refractivity (Wildman–Crippen MR) is 136 cm³/mol. The second-order valence-electron chi connectivity index (χ2n) is 7.29. The van der Waals surface area contributed by atoms with Gasteiger partial charge in [0.25, 0.3) is 5.91 Å². The van der Waals surface area contributed by atoms with Gasteiger partial charge in [-0.05, 0) is 42.3 Å². The number of nitrogens with one attached hydrogen (secondary N) is 1. The number of aromatic nitrogens is 1. The zero-order valence-corrected chi connectivity index (χ0v) is 19.7. The third kappa shape index (κ3) is 7.03. The van der Waals surface area contributed by atoms with Crippen LogP contribution in [0.1, 0.15) is 16.7 Å². The van der Waals surface area contributed by atoms with Crippen LogP contribution in [0.4, 0.5) is 0 Å². The fourth-order valence-corrected chi connectivity index (χ4v) is 4.53. The Morgan fingerprint density at radius 2 is 1.82 bits per heavy atom. The Morgan fingerprint density at radius 3 is 2.58 bits per heavy atom. The number of amides is 1. The highest BCUT2D eigenvalue weighted by Gasteiger charge is 2.07. The summed E-state index contributed by atoms with van der Waals surface area (Å²) in [5.74, 6) is 0.863. The highest BCUT2D eigenvalue weighted by molar-refractivity contribution is 8.01. The third-order valence-corrected chi connectivity index (χ3v) is 6.71. The molecule has 4 rings (SSSR count). The fraction of sp³-hybridized carbons (Fsp3) is 0.115. The van der Waals surface area contributed by atoms with Crippen LogP contribution < -0.4 is 10.2 Å². The lowest BCUT2D eigenvalue weighted by Gasteiger charge is -2.06. The first kappa shape index (κ1) is 22.8. The summed E-state index contributed by atoms with van der Waals surface area (Å²) in [6, 6.07) is 25.8. The van der Waals surface area contributed by atoms with Gasteiger partial charge in [0.05, 0.1) is 17.7 Å². The number of thioether (sulfide) groups is 1. The Labute approximate surface area is 201 Å². The summed E-state index contributed by atoms with van der Waals surface area (Å²) >= 11 is 2.93. The molecule has 0 spiro atoms. The molecule has 166 valence electrons. The van der Waals surface area contributed by atoms with Crippen molar-refractivity contribution >= 4 is 35.2 Å². The number of hydrazone groups is 1. The summed E-state index contributed by atoms with van der Waals surface area (Å²) in [6.07, 6.45) is 1.61. The van der Waals surface area contributed by atoms with Crippen molar-refractivity contribution in [3.63, 3.8) is 0 Å². The molecule has 0 saturated carbocycles. The average Bonchev–Trinajstić information content (AvgIpc) is 3.33. The molecular weight excluding hydrogens is 450 g/mol. The number of carbonyl (C=O) groups is 1. The molecule has 0 saturated heterocycles. The van der Waals surface area contributed by atoms with Crippen LogP contribution in [-0.2, 0) is 11.4 Å². The van der Waals surface area contributed by atoms with Gasteiger partial charge in [-0.3, -0.25) is 4.79 Å². The van der Waals surface area contributed by atoms with Crippen LogP contribution >= 0.6 is 23.1 Å². The van der Waals surface area contributed by atoms with Crippen molar-refractivity contribution in [1.29, 1.82) is 0 Å². The van der Waals surface area contributed by atoms with E-state index in [2.05, 4.69) is 46.7 Å². The van der Waals surface area contributed by atoms with Crippen LogP contribution in [-0.4, -0.2) is 22.9 Å². The molecule has 1 aromatic heterocycles. The second kappa shape index (κ2) is 11.4. The minimum absolute atomic E-state index is 0.175. The van der Waals surface area contributed by atoms with E-state index in [1.165, 1.54) is 28.7 Å². The Kier molecular flexibility index (Phi) is 7.90. The number of thiazole rings is 1. The van der Waals surface area contributed by atoms with Crippen molar-refractivity contribution in [2.24, 2.45) is 5.10 Å². The number of hydrogen-bond acceptors (Lipinski definition) is 6. The van der Waals surface area contributed by atoms with E-state index in [1.54, 1.807) is 6.21 Å². The van der Waals surface area contributed by atoms with Crippen LogP contribution in [0.3, 0.4) is 0 Å². The lowest BCUT2D eigenvalue weighted by molar-refractivity contribution is -0.118. The van der Waals surface area contributed by atoms with Crippen molar-refractivity contribution < 1.29 is 9.53 Å². The van der Waals surface area contributed by atoms with Crippen LogP contribution in [0, 0.1) is 6.92 Å². The summed E-state index contributed by atoms with van der Waals surface area (Å²) in [7, 11) is 0. The molecule has 0 aliphatic carbocycles. The summed E-state index contributed by atoms with van der Waals surface area (Å²) in [5.41, 5.74) is 7.78. The molecule has 0 radical (unpaired) electrons. The monoisotopic (exact) mass is 473 g/mol. The smallest absolute Gasteiger partial charge is 0.250 e. The number of benzene rings is 3. The molecule has 0 fully saturated rings. The summed E-state index contributed by atoms with van der Waals surface area (Å²) < 4.78 is 6.67. The highest BCUT2D eigenvalue weighted by atomic mass is 32.2. The van der Waals surface area contributed by atoms with E-state index in [-0.39, 0.29) is 11.7 Å². The Morgan fingerprint density at radius 1 is 1.06 bits per heavy atom. The molecule has 33 heavy (non-hydrogen) atoms. The molecule has 1 amide bonds. The van der Waals surface area contributed by atoms with Crippen molar-refractivity contribution in [2.45, 2.75) is 17.9 Å². The first-order valence-electron chi connectivity index (χ1n) is 10.4. The second-order valence-corrected chi connectivity index (χ2v) is 9.37. The minimum Gasteiger partial charge on any atom is -0.489 e. The molecule has 1 heterocycles. The van der Waals surface area contributed by atoms with Crippen LogP contribution in [0.15, 0.2) is 93.7 Å². The van der Waals surface area contributed by atoms with E-state index in [1.807, 2.05) is 60.0 Å². The molecule has 0 aliphatic rings. The molecule has 0 bridgehead atoms. The topological polar surface area (TPSA) is 63.6 Å². The van der Waals surface area contributed by atoms with Crippen LogP contribution in [0.25, 0.3) is 11.3 Å². The van der Waals surface area contributed by atoms with Crippen LogP contribution in [0.5, 0.6) is 5.75 Å². The first-order valence-corrected chi connectivity index (χ1v) is 12.3. The van der Waals surface area contributed by atoms with Gasteiger partial charge < -0.3 is 4.74 Å². The molecule has 0 atom stereocenters. The number of nitrogens with zero attached hydrogens (tertiary/aromatic N) is 2. The standard InChI is InChI=1S/C26H23N3O2S2/c1-19-7-9-21(10-8-19)16-31-23-13-11-20(12-14-23)15-27-29-25(30)18-33-26-28-24(17-32-26)22-5-3-2-4-6-22/h2-15,17H,16,18H2,1H3,(H,29,30)/b27-15+. The van der Waals surface area contributed by atoms with E-state index in [9.17, 15) is 4.79 Å². The molecule has 1 N–H and O–H groups in total. The Bertz CT molecular complexity index is 1200. The quantitative estimate of drug-likeness (QED) is 0.186. The predicted octanol–water partition coefficient (Wildman–Crippen LogP) is 5.94. The van der Waals surface area contributed by atoms with Gasteiger partial charge in [0, 0.05) is 10.9 Å². The van der Waals surface area contributed by atoms with Gasteiger partial charge >= 0.3 is 0 Å². The minimum atomic E-state index is -0.175. The van der Waals surface area contributed by atoms with Gasteiger partial charge in [0.15, 0.2) is 4.34 Å². The van der Waals surface area contributed by atoms with E-state index >= 15 is 0 Å². The van der Waals surface area contributed by atoms with Crippen molar-refractivity contribution in [2.75, 3.05) is 5.75 Å². The summed E-state index contributed by atoms with van der Waals surface area (Å²) in [6.45, 7) is 2.59. The zero-order chi connectivity index (χ0) is 22.9. The number of ether oxygens (including phenoxy) is 1. The van der Waals surface area contributed by atoms with Crippen molar-refractivity contribution in [3.8, 4) is 17.0 Å². The van der Waals surface area contributed by atoms with E-state index in [4.69, 9.17) is 4.74 Å². The van der Waals surface area contributed by atoms with Gasteiger partial charge in [-0.1, -0.05) is 71.9 Å². The number of aryl methyl sites for hydroxylation is 1. The Hall–Kier alpha value is -3.42. The Balaban J connectivity index is 1.20. The molecule has 3 aromatic carbocycles. The molecule has 4 aromatic rings. The molecular formula is C26H23N3O2S2. The van der Waals surface area contributed by atoms with Gasteiger partial charge in [0.1, 0.15) is 12.4 Å². The maximum absolute atomic E-state index is 12.1. The van der Waals surface area contributed by atoms with Crippen molar-refractivity contribution in [1.82, 2.24) is 10.4 Å². The molecule has 5 nitrogen and oxygen atoms in total. The van der Waals surface area contributed by atoms with E-state index < -0.39 is 0 Å². The number of hydrogen-bond donors (Lipinski definition) is 1. The van der Waals surface area contributed by atoms with Crippen LogP contribution in [0.2, 0.25) is 0 Å². The molecule has 0 unspecified atom stereocenters. The SMILES string of the molecule is Cc1ccc(COc2ccc(/C=N/NC(=O)CSc3nc(-c4ccccc4)cs3)cc2)cc1. The third-order valence-electron chi connectivity index (χ3n) is 4.69. The van der Waals surface area contributed by atoms with Gasteiger partial charge in [-0.15, -0.1) is 11.3 Å². The maximum atomic E-state index is 12.1. The first-order chi connectivity index (χ1) is 16.2. The summed E-state index contributed by atoms with van der Waals surface area (Å²) in [5, 5.41) is 6.04. The molecule has 0 aliphatic heterocycles. The maximum Gasteiger partial charge on any atom is 0.250 e. The number of carbonyl (C=O) groups excluding carboxylic acids is 1. The normalized spacial score (nSPS) is 10.9. The largest absolute Gasteiger partial charge is 0.489 e. The fourth-order valence-electron chi connectivity index (χ4n) is 2.90. The van der Waals surface area contributed by atoms with E-state index in [0.717, 1.165) is 32.5 Å². The number of rotatable bonds is 9. The lowest BCUT2D eigenvalue weighted by atomic mass is 10.2.